The topological polar surface area (TPSA) is 38.0 Å². The Morgan fingerprint density at radius 2 is 2.19 bits per heavy atom. The molecule has 1 aliphatic carbocycles. The first-order valence-electron chi connectivity index (χ1n) is 5.72. The molecular weight excluding hydrogens is 200 g/mol. The molecule has 1 aliphatic rings. The quantitative estimate of drug-likeness (QED) is 0.833. The van der Waals surface area contributed by atoms with Gasteiger partial charge in [0.05, 0.1) is 16.8 Å². The molecule has 2 aromatic rings. The molecule has 1 saturated carbocycles. The van der Waals surface area contributed by atoms with Gasteiger partial charge in [-0.1, -0.05) is 12.1 Å². The number of aliphatic hydroxyl groups is 1. The fourth-order valence-corrected chi connectivity index (χ4v) is 2.29. The Labute approximate surface area is 94.7 Å². The van der Waals surface area contributed by atoms with Crippen molar-refractivity contribution in [2.24, 2.45) is 7.05 Å². The number of hydrogen-bond donors (Lipinski definition) is 1. The van der Waals surface area contributed by atoms with Crippen LogP contribution in [0.2, 0.25) is 0 Å². The number of aromatic nitrogens is 2. The lowest BCUT2D eigenvalue weighted by atomic mass is 10.0. The van der Waals surface area contributed by atoms with Crippen LogP contribution in [0.4, 0.5) is 0 Å². The van der Waals surface area contributed by atoms with E-state index in [0.717, 1.165) is 30.5 Å². The van der Waals surface area contributed by atoms with Gasteiger partial charge in [-0.2, -0.15) is 5.10 Å². The van der Waals surface area contributed by atoms with E-state index < -0.39 is 5.60 Å². The Bertz CT molecular complexity index is 552. The summed E-state index contributed by atoms with van der Waals surface area (Å²) in [6.07, 6.45) is 2.65. The first-order valence-corrected chi connectivity index (χ1v) is 5.72. The normalized spacial score (nSPS) is 17.9. The van der Waals surface area contributed by atoms with E-state index in [1.54, 1.807) is 0 Å². The molecule has 1 aromatic carbocycles. The van der Waals surface area contributed by atoms with Crippen LogP contribution in [0.15, 0.2) is 18.2 Å². The van der Waals surface area contributed by atoms with Gasteiger partial charge in [0.1, 0.15) is 0 Å². The summed E-state index contributed by atoms with van der Waals surface area (Å²) in [6, 6.07) is 6.36. The number of fused-ring (bicyclic) bond motifs is 1. The fraction of sp³-hybridized carbons (Fsp3) is 0.462. The maximum atomic E-state index is 9.91. The van der Waals surface area contributed by atoms with Gasteiger partial charge in [-0.05, 0) is 31.4 Å². The monoisotopic (exact) mass is 216 g/mol. The van der Waals surface area contributed by atoms with Crippen LogP contribution < -0.4 is 0 Å². The van der Waals surface area contributed by atoms with Crippen molar-refractivity contribution in [1.29, 1.82) is 0 Å². The smallest absolute Gasteiger partial charge is 0.0690 e. The third-order valence-electron chi connectivity index (χ3n) is 3.46. The lowest BCUT2D eigenvalue weighted by molar-refractivity contribution is 0.151. The standard InChI is InChI=1S/C13H16N2O/c1-9-11-4-3-10(8-13(16)5-6-13)7-12(11)15(2)14-9/h3-4,7,16H,5-6,8H2,1-2H3. The first kappa shape index (κ1) is 9.85. The summed E-state index contributed by atoms with van der Waals surface area (Å²) in [5.74, 6) is 0. The van der Waals surface area contributed by atoms with E-state index in [0.29, 0.717) is 0 Å². The largest absolute Gasteiger partial charge is 0.390 e. The molecule has 84 valence electrons. The molecule has 16 heavy (non-hydrogen) atoms. The molecule has 1 N–H and O–H groups in total. The molecule has 3 rings (SSSR count). The van der Waals surface area contributed by atoms with Crippen LogP contribution in [0.25, 0.3) is 10.9 Å². The van der Waals surface area contributed by atoms with Gasteiger partial charge in [0.2, 0.25) is 0 Å². The summed E-state index contributed by atoms with van der Waals surface area (Å²) in [7, 11) is 1.96. The highest BCUT2D eigenvalue weighted by Gasteiger charge is 2.40. The van der Waals surface area contributed by atoms with E-state index in [9.17, 15) is 5.11 Å². The Hall–Kier alpha value is -1.35. The zero-order valence-electron chi connectivity index (χ0n) is 9.70. The molecule has 0 saturated heterocycles. The van der Waals surface area contributed by atoms with E-state index in [2.05, 4.69) is 23.3 Å². The Kier molecular flexibility index (Phi) is 1.89. The van der Waals surface area contributed by atoms with Crippen molar-refractivity contribution < 1.29 is 5.11 Å². The van der Waals surface area contributed by atoms with Crippen LogP contribution in [-0.2, 0) is 13.5 Å². The second kappa shape index (κ2) is 3.08. The minimum absolute atomic E-state index is 0.415. The highest BCUT2D eigenvalue weighted by molar-refractivity contribution is 5.82. The van der Waals surface area contributed by atoms with Gasteiger partial charge in [0.15, 0.2) is 0 Å². The van der Waals surface area contributed by atoms with Gasteiger partial charge in [0.25, 0.3) is 0 Å². The number of hydrogen-bond acceptors (Lipinski definition) is 2. The molecule has 0 amide bonds. The highest BCUT2D eigenvalue weighted by Crippen LogP contribution is 2.38. The summed E-state index contributed by atoms with van der Waals surface area (Å²) in [6.45, 7) is 2.02. The maximum Gasteiger partial charge on any atom is 0.0690 e. The molecule has 1 heterocycles. The molecular formula is C13H16N2O. The van der Waals surface area contributed by atoms with Gasteiger partial charge >= 0.3 is 0 Å². The van der Waals surface area contributed by atoms with Gasteiger partial charge in [-0.15, -0.1) is 0 Å². The fourth-order valence-electron chi connectivity index (χ4n) is 2.29. The Morgan fingerprint density at radius 1 is 1.44 bits per heavy atom. The first-order chi connectivity index (χ1) is 7.57. The molecule has 0 radical (unpaired) electrons. The molecule has 1 aromatic heterocycles. The summed E-state index contributed by atoms with van der Waals surface area (Å²) < 4.78 is 1.91. The van der Waals surface area contributed by atoms with E-state index in [1.807, 2.05) is 18.7 Å². The predicted molar refractivity (Wildman–Crippen MR) is 63.3 cm³/mol. The third-order valence-corrected chi connectivity index (χ3v) is 3.46. The lowest BCUT2D eigenvalue weighted by Crippen LogP contribution is -2.10. The molecule has 0 aliphatic heterocycles. The van der Waals surface area contributed by atoms with Gasteiger partial charge in [0, 0.05) is 18.9 Å². The molecule has 0 bridgehead atoms. The molecule has 3 heteroatoms. The van der Waals surface area contributed by atoms with Crippen LogP contribution in [-0.4, -0.2) is 20.5 Å². The predicted octanol–water partition coefficient (Wildman–Crippen LogP) is 1.95. The van der Waals surface area contributed by atoms with Gasteiger partial charge < -0.3 is 5.11 Å². The van der Waals surface area contributed by atoms with Gasteiger partial charge in [-0.3, -0.25) is 4.68 Å². The third kappa shape index (κ3) is 1.52. The summed E-state index contributed by atoms with van der Waals surface area (Å²) in [5.41, 5.74) is 3.00. The minimum Gasteiger partial charge on any atom is -0.390 e. The van der Waals surface area contributed by atoms with Crippen LogP contribution in [0.3, 0.4) is 0 Å². The molecule has 0 spiro atoms. The van der Waals surface area contributed by atoms with Crippen LogP contribution in [0, 0.1) is 6.92 Å². The molecule has 3 nitrogen and oxygen atoms in total. The minimum atomic E-state index is -0.415. The summed E-state index contributed by atoms with van der Waals surface area (Å²) in [4.78, 5) is 0. The van der Waals surface area contributed by atoms with Crippen molar-refractivity contribution in [3.63, 3.8) is 0 Å². The van der Waals surface area contributed by atoms with Crippen LogP contribution in [0.5, 0.6) is 0 Å². The lowest BCUT2D eigenvalue weighted by Gasteiger charge is -2.07. The Morgan fingerprint density at radius 3 is 2.88 bits per heavy atom. The van der Waals surface area contributed by atoms with Crippen molar-refractivity contribution in [2.75, 3.05) is 0 Å². The number of aryl methyl sites for hydroxylation is 2. The summed E-state index contributed by atoms with van der Waals surface area (Å²) in [5, 5.41) is 15.5. The van der Waals surface area contributed by atoms with E-state index in [1.165, 1.54) is 10.9 Å². The highest BCUT2D eigenvalue weighted by atomic mass is 16.3. The molecule has 0 atom stereocenters. The van der Waals surface area contributed by atoms with Crippen molar-refractivity contribution in [3.8, 4) is 0 Å². The number of benzene rings is 1. The maximum absolute atomic E-state index is 9.91. The average molecular weight is 216 g/mol. The van der Waals surface area contributed by atoms with E-state index in [4.69, 9.17) is 0 Å². The Balaban J connectivity index is 2.04. The number of rotatable bonds is 2. The summed E-state index contributed by atoms with van der Waals surface area (Å²) >= 11 is 0. The second-order valence-electron chi connectivity index (χ2n) is 4.96. The van der Waals surface area contributed by atoms with Crippen molar-refractivity contribution in [3.05, 3.63) is 29.5 Å². The number of nitrogens with zero attached hydrogens (tertiary/aromatic N) is 2. The second-order valence-corrected chi connectivity index (χ2v) is 4.96. The average Bonchev–Trinajstić information content (AvgIpc) is 2.88. The van der Waals surface area contributed by atoms with Crippen molar-refractivity contribution in [2.45, 2.75) is 31.8 Å². The molecule has 1 fully saturated rings. The van der Waals surface area contributed by atoms with E-state index in [-0.39, 0.29) is 0 Å². The SMILES string of the molecule is Cc1nn(C)c2cc(CC3(O)CC3)ccc12. The van der Waals surface area contributed by atoms with E-state index >= 15 is 0 Å². The zero-order valence-corrected chi connectivity index (χ0v) is 9.70. The van der Waals surface area contributed by atoms with Crippen LogP contribution in [0.1, 0.15) is 24.1 Å². The van der Waals surface area contributed by atoms with Crippen molar-refractivity contribution in [1.82, 2.24) is 9.78 Å². The van der Waals surface area contributed by atoms with Gasteiger partial charge in [-0.25, -0.2) is 0 Å². The molecule has 0 unspecified atom stereocenters. The van der Waals surface area contributed by atoms with Crippen molar-refractivity contribution >= 4 is 10.9 Å². The van der Waals surface area contributed by atoms with Crippen LogP contribution >= 0.6 is 0 Å². The zero-order chi connectivity index (χ0) is 11.3.